The van der Waals surface area contributed by atoms with Crippen LogP contribution in [0, 0.1) is 21.7 Å². The summed E-state index contributed by atoms with van der Waals surface area (Å²) in [5.41, 5.74) is -0.753. The third kappa shape index (κ3) is 1.58. The summed E-state index contributed by atoms with van der Waals surface area (Å²) in [4.78, 5) is 9.25. The van der Waals surface area contributed by atoms with Crippen molar-refractivity contribution in [3.05, 3.63) is 38.4 Å². The van der Waals surface area contributed by atoms with Gasteiger partial charge in [0.1, 0.15) is 10.3 Å². The van der Waals surface area contributed by atoms with Crippen LogP contribution in [0.2, 0.25) is 0 Å². The van der Waals surface area contributed by atoms with Crippen LogP contribution in [-0.4, -0.2) is 4.92 Å². The molecule has 3 nitrogen and oxygen atoms in total. The van der Waals surface area contributed by atoms with Crippen LogP contribution in [0.1, 0.15) is 0 Å². The van der Waals surface area contributed by atoms with Crippen molar-refractivity contribution < 1.29 is 13.7 Å². The molecule has 0 radical (unpaired) electrons. The molecule has 0 aliphatic rings. The maximum absolute atomic E-state index is 12.7. The standard InChI is InChI=1S/C6H2BrF2NO2/c7-4-1-3(8)2-5(9)6(4)10(11)12/h1-2H. The highest BCUT2D eigenvalue weighted by molar-refractivity contribution is 9.10. The van der Waals surface area contributed by atoms with E-state index in [-0.39, 0.29) is 4.47 Å². The molecule has 0 spiro atoms. The topological polar surface area (TPSA) is 43.1 Å². The molecule has 6 heteroatoms. The molecule has 1 aromatic rings. The quantitative estimate of drug-likeness (QED) is 0.557. The monoisotopic (exact) mass is 237 g/mol. The van der Waals surface area contributed by atoms with Crippen LogP contribution in [-0.2, 0) is 0 Å². The van der Waals surface area contributed by atoms with Gasteiger partial charge in [0.15, 0.2) is 0 Å². The second kappa shape index (κ2) is 3.14. The summed E-state index contributed by atoms with van der Waals surface area (Å²) in [6.07, 6.45) is 0. The summed E-state index contributed by atoms with van der Waals surface area (Å²) in [5.74, 6) is -2.04. The average Bonchev–Trinajstić information content (AvgIpc) is 1.82. The first-order chi connectivity index (χ1) is 5.52. The van der Waals surface area contributed by atoms with Crippen molar-refractivity contribution in [3.63, 3.8) is 0 Å². The van der Waals surface area contributed by atoms with Crippen molar-refractivity contribution in [2.45, 2.75) is 0 Å². The number of nitro benzene ring substituents is 1. The summed E-state index contributed by atoms with van der Waals surface area (Å²) < 4.78 is 24.8. The number of hydrogen-bond donors (Lipinski definition) is 0. The molecule has 0 amide bonds. The Hall–Kier alpha value is -1.04. The van der Waals surface area contributed by atoms with E-state index in [9.17, 15) is 18.9 Å². The van der Waals surface area contributed by atoms with Crippen LogP contribution < -0.4 is 0 Å². The van der Waals surface area contributed by atoms with Gasteiger partial charge in [-0.05, 0) is 22.0 Å². The van der Waals surface area contributed by atoms with E-state index in [1.54, 1.807) is 0 Å². The second-order valence-electron chi connectivity index (χ2n) is 1.98. The van der Waals surface area contributed by atoms with Gasteiger partial charge in [-0.1, -0.05) is 0 Å². The maximum Gasteiger partial charge on any atom is 0.319 e. The Bertz CT molecular complexity index is 319. The highest BCUT2D eigenvalue weighted by Crippen LogP contribution is 2.28. The van der Waals surface area contributed by atoms with E-state index < -0.39 is 22.2 Å². The van der Waals surface area contributed by atoms with Crippen LogP contribution in [0.15, 0.2) is 16.6 Å². The minimum absolute atomic E-state index is 0.204. The fourth-order valence-electron chi connectivity index (χ4n) is 0.709. The lowest BCUT2D eigenvalue weighted by atomic mass is 10.3. The summed E-state index contributed by atoms with van der Waals surface area (Å²) in [6, 6.07) is 1.30. The molecule has 0 unspecified atom stereocenters. The van der Waals surface area contributed by atoms with E-state index in [4.69, 9.17) is 0 Å². The molecule has 0 bridgehead atoms. The summed E-state index contributed by atoms with van der Waals surface area (Å²) in [7, 11) is 0. The van der Waals surface area contributed by atoms with Gasteiger partial charge in [0.05, 0.1) is 4.92 Å². The van der Waals surface area contributed by atoms with Crippen LogP contribution in [0.25, 0.3) is 0 Å². The Morgan fingerprint density at radius 2 is 2.00 bits per heavy atom. The lowest BCUT2D eigenvalue weighted by Gasteiger charge is -1.96. The van der Waals surface area contributed by atoms with E-state index in [0.29, 0.717) is 6.07 Å². The van der Waals surface area contributed by atoms with Crippen LogP contribution in [0.3, 0.4) is 0 Å². The number of halogens is 3. The van der Waals surface area contributed by atoms with Crippen LogP contribution in [0.5, 0.6) is 0 Å². The molecule has 0 saturated carbocycles. The highest BCUT2D eigenvalue weighted by atomic mass is 79.9. The van der Waals surface area contributed by atoms with Gasteiger partial charge in [-0.2, -0.15) is 4.39 Å². The molecule has 1 rings (SSSR count). The first-order valence-electron chi connectivity index (χ1n) is 2.81. The molecule has 0 saturated heterocycles. The molecule has 0 atom stereocenters. The number of benzene rings is 1. The van der Waals surface area contributed by atoms with Crippen molar-refractivity contribution in [1.82, 2.24) is 0 Å². The molecule has 0 aliphatic heterocycles. The zero-order valence-electron chi connectivity index (χ0n) is 5.55. The average molecular weight is 238 g/mol. The van der Waals surface area contributed by atoms with Gasteiger partial charge in [0.25, 0.3) is 0 Å². The Balaban J connectivity index is 3.38. The Kier molecular flexibility index (Phi) is 2.37. The minimum Gasteiger partial charge on any atom is -0.258 e. The molecule has 0 N–H and O–H groups in total. The molecular formula is C6H2BrF2NO2. The molecule has 0 aliphatic carbocycles. The van der Waals surface area contributed by atoms with Gasteiger partial charge >= 0.3 is 5.69 Å². The Morgan fingerprint density at radius 3 is 2.42 bits per heavy atom. The van der Waals surface area contributed by atoms with E-state index >= 15 is 0 Å². The van der Waals surface area contributed by atoms with Gasteiger partial charge in [-0.3, -0.25) is 10.1 Å². The smallest absolute Gasteiger partial charge is 0.258 e. The minimum atomic E-state index is -1.19. The van der Waals surface area contributed by atoms with Gasteiger partial charge in [-0.15, -0.1) is 0 Å². The van der Waals surface area contributed by atoms with Gasteiger partial charge in [0.2, 0.25) is 5.82 Å². The van der Waals surface area contributed by atoms with Crippen molar-refractivity contribution in [1.29, 1.82) is 0 Å². The molecular weight excluding hydrogens is 236 g/mol. The van der Waals surface area contributed by atoms with E-state index in [1.807, 2.05) is 0 Å². The number of hydrogen-bond acceptors (Lipinski definition) is 2. The predicted molar refractivity (Wildman–Crippen MR) is 40.7 cm³/mol. The summed E-state index contributed by atoms with van der Waals surface area (Å²) in [5, 5.41) is 10.2. The van der Waals surface area contributed by atoms with E-state index in [1.165, 1.54) is 0 Å². The van der Waals surface area contributed by atoms with Gasteiger partial charge in [-0.25, -0.2) is 4.39 Å². The maximum atomic E-state index is 12.7. The predicted octanol–water partition coefficient (Wildman–Crippen LogP) is 2.64. The van der Waals surface area contributed by atoms with Gasteiger partial charge < -0.3 is 0 Å². The van der Waals surface area contributed by atoms with Gasteiger partial charge in [0, 0.05) is 6.07 Å². The number of nitro groups is 1. The van der Waals surface area contributed by atoms with E-state index in [0.717, 1.165) is 6.07 Å². The third-order valence-electron chi connectivity index (χ3n) is 1.16. The van der Waals surface area contributed by atoms with Crippen LogP contribution >= 0.6 is 15.9 Å². The van der Waals surface area contributed by atoms with E-state index in [2.05, 4.69) is 15.9 Å². The van der Waals surface area contributed by atoms with Crippen LogP contribution in [0.4, 0.5) is 14.5 Å². The van der Waals surface area contributed by atoms with Crippen molar-refractivity contribution >= 4 is 21.6 Å². The summed E-state index contributed by atoms with van der Waals surface area (Å²) in [6.45, 7) is 0. The molecule has 0 aromatic heterocycles. The number of nitrogens with zero attached hydrogens (tertiary/aromatic N) is 1. The lowest BCUT2D eigenvalue weighted by molar-refractivity contribution is -0.388. The first kappa shape index (κ1) is 9.05. The lowest BCUT2D eigenvalue weighted by Crippen LogP contribution is -1.94. The fraction of sp³-hybridized carbons (Fsp3) is 0. The van der Waals surface area contributed by atoms with Crippen molar-refractivity contribution in [2.24, 2.45) is 0 Å². The van der Waals surface area contributed by atoms with Crippen molar-refractivity contribution in [2.75, 3.05) is 0 Å². The Morgan fingerprint density at radius 1 is 1.42 bits per heavy atom. The second-order valence-corrected chi connectivity index (χ2v) is 2.83. The Labute approximate surface area is 74.3 Å². The molecule has 0 fully saturated rings. The SMILES string of the molecule is O=[N+]([O-])c1c(F)cc(F)cc1Br. The largest absolute Gasteiger partial charge is 0.319 e. The molecule has 64 valence electrons. The molecule has 1 aromatic carbocycles. The normalized spacial score (nSPS) is 9.92. The highest BCUT2D eigenvalue weighted by Gasteiger charge is 2.19. The molecule has 0 heterocycles. The number of rotatable bonds is 1. The fourth-order valence-corrected chi connectivity index (χ4v) is 1.26. The first-order valence-corrected chi connectivity index (χ1v) is 3.60. The summed E-state index contributed by atoms with van der Waals surface area (Å²) >= 11 is 2.68. The molecule has 12 heavy (non-hydrogen) atoms. The third-order valence-corrected chi connectivity index (χ3v) is 1.77. The zero-order valence-corrected chi connectivity index (χ0v) is 7.14. The zero-order chi connectivity index (χ0) is 9.30. The van der Waals surface area contributed by atoms with Crippen molar-refractivity contribution in [3.8, 4) is 0 Å².